The normalized spacial score (nSPS) is 20.4. The first-order chi connectivity index (χ1) is 12.9. The predicted octanol–water partition coefficient (Wildman–Crippen LogP) is 3.81. The van der Waals surface area contributed by atoms with Crippen LogP contribution in [0.4, 0.5) is 10.2 Å². The number of halogens is 2. The SMILES string of the molecule is CC1(NC(=O)c2cc(N3CCC(Oc4cccc(F)c4)C3)ncc2Cl)CC1. The molecule has 0 spiro atoms. The number of carbonyl (C=O) groups excluding carboxylic acids is 1. The van der Waals surface area contributed by atoms with Gasteiger partial charge in [0.1, 0.15) is 23.5 Å². The van der Waals surface area contributed by atoms with Gasteiger partial charge in [0.15, 0.2) is 0 Å². The first-order valence-corrected chi connectivity index (χ1v) is 9.45. The number of nitrogens with zero attached hydrogens (tertiary/aromatic N) is 2. The number of carbonyl (C=O) groups is 1. The van der Waals surface area contributed by atoms with Gasteiger partial charge >= 0.3 is 0 Å². The molecule has 1 saturated heterocycles. The Bertz CT molecular complexity index is 872. The molecule has 1 aliphatic carbocycles. The van der Waals surface area contributed by atoms with E-state index in [1.165, 1.54) is 18.3 Å². The first-order valence-electron chi connectivity index (χ1n) is 9.07. The maximum atomic E-state index is 13.3. The third-order valence-electron chi connectivity index (χ3n) is 5.07. The van der Waals surface area contributed by atoms with Crippen LogP contribution in [0.5, 0.6) is 5.75 Å². The van der Waals surface area contributed by atoms with Crippen molar-refractivity contribution < 1.29 is 13.9 Å². The fourth-order valence-corrected chi connectivity index (χ4v) is 3.38. The number of ether oxygens (including phenoxy) is 1. The molecule has 1 N–H and O–H groups in total. The minimum absolute atomic E-state index is 0.0630. The van der Waals surface area contributed by atoms with E-state index < -0.39 is 0 Å². The number of anilines is 1. The summed E-state index contributed by atoms with van der Waals surface area (Å²) >= 11 is 6.20. The Kier molecular flexibility index (Phi) is 4.68. The summed E-state index contributed by atoms with van der Waals surface area (Å²) in [5, 5.41) is 3.36. The predicted molar refractivity (Wildman–Crippen MR) is 102 cm³/mol. The van der Waals surface area contributed by atoms with E-state index in [-0.39, 0.29) is 23.4 Å². The Morgan fingerprint density at radius 1 is 1.41 bits per heavy atom. The van der Waals surface area contributed by atoms with Gasteiger partial charge in [0.2, 0.25) is 0 Å². The highest BCUT2D eigenvalue weighted by atomic mass is 35.5. The van der Waals surface area contributed by atoms with Crippen LogP contribution in [0, 0.1) is 5.82 Å². The molecule has 7 heteroatoms. The van der Waals surface area contributed by atoms with Crippen LogP contribution >= 0.6 is 11.6 Å². The molecule has 1 aromatic heterocycles. The lowest BCUT2D eigenvalue weighted by Crippen LogP contribution is -2.34. The molecule has 2 aromatic rings. The zero-order valence-corrected chi connectivity index (χ0v) is 15.8. The highest BCUT2D eigenvalue weighted by Gasteiger charge is 2.39. The molecule has 2 aliphatic rings. The quantitative estimate of drug-likeness (QED) is 0.844. The molecule has 1 aromatic carbocycles. The van der Waals surface area contributed by atoms with E-state index >= 15 is 0 Å². The molecule has 1 saturated carbocycles. The van der Waals surface area contributed by atoms with Crippen molar-refractivity contribution in [1.82, 2.24) is 10.3 Å². The van der Waals surface area contributed by atoms with E-state index in [4.69, 9.17) is 16.3 Å². The summed E-state index contributed by atoms with van der Waals surface area (Å²) < 4.78 is 19.2. The third-order valence-corrected chi connectivity index (χ3v) is 5.37. The highest BCUT2D eigenvalue weighted by molar-refractivity contribution is 6.33. The van der Waals surface area contributed by atoms with Crippen molar-refractivity contribution in [2.75, 3.05) is 18.0 Å². The van der Waals surface area contributed by atoms with Crippen LogP contribution < -0.4 is 15.0 Å². The van der Waals surface area contributed by atoms with Gasteiger partial charge < -0.3 is 15.0 Å². The minimum atomic E-state index is -0.318. The van der Waals surface area contributed by atoms with Gasteiger partial charge in [0.25, 0.3) is 5.91 Å². The van der Waals surface area contributed by atoms with Crippen LogP contribution in [0.3, 0.4) is 0 Å². The summed E-state index contributed by atoms with van der Waals surface area (Å²) in [6.07, 6.45) is 4.22. The van der Waals surface area contributed by atoms with E-state index in [9.17, 15) is 9.18 Å². The fraction of sp³-hybridized carbons (Fsp3) is 0.400. The number of hydrogen-bond donors (Lipinski definition) is 1. The van der Waals surface area contributed by atoms with Crippen molar-refractivity contribution in [3.63, 3.8) is 0 Å². The summed E-state index contributed by atoms with van der Waals surface area (Å²) in [4.78, 5) is 18.9. The Morgan fingerprint density at radius 3 is 2.96 bits per heavy atom. The van der Waals surface area contributed by atoms with Crippen LogP contribution in [0.15, 0.2) is 36.5 Å². The largest absolute Gasteiger partial charge is 0.488 e. The van der Waals surface area contributed by atoms with Crippen molar-refractivity contribution in [3.8, 4) is 5.75 Å². The Labute approximate surface area is 162 Å². The standard InChI is InChI=1S/C20H21ClFN3O2/c1-20(6-7-20)24-19(26)16-10-18(23-11-17(16)21)25-8-5-15(12-25)27-14-4-2-3-13(22)9-14/h2-4,9-11,15H,5-8,12H2,1H3,(H,24,26). The van der Waals surface area contributed by atoms with E-state index in [0.29, 0.717) is 28.7 Å². The lowest BCUT2D eigenvalue weighted by molar-refractivity contribution is 0.0935. The van der Waals surface area contributed by atoms with Gasteiger partial charge in [-0.1, -0.05) is 17.7 Å². The van der Waals surface area contributed by atoms with Gasteiger partial charge in [-0.25, -0.2) is 9.37 Å². The van der Waals surface area contributed by atoms with E-state index in [1.54, 1.807) is 18.2 Å². The molecule has 1 atom stereocenters. The average Bonchev–Trinajstić information content (AvgIpc) is 3.16. The monoisotopic (exact) mass is 389 g/mol. The number of benzene rings is 1. The van der Waals surface area contributed by atoms with E-state index in [0.717, 1.165) is 25.8 Å². The molecule has 1 amide bonds. The summed E-state index contributed by atoms with van der Waals surface area (Å²) in [5.74, 6) is 0.719. The zero-order valence-electron chi connectivity index (χ0n) is 15.0. The van der Waals surface area contributed by atoms with E-state index in [2.05, 4.69) is 15.2 Å². The summed E-state index contributed by atoms with van der Waals surface area (Å²) in [7, 11) is 0. The molecule has 1 unspecified atom stereocenters. The molecule has 142 valence electrons. The lowest BCUT2D eigenvalue weighted by Gasteiger charge is -2.19. The van der Waals surface area contributed by atoms with Gasteiger partial charge in [-0.05, 0) is 38.0 Å². The molecular formula is C20H21ClFN3O2. The van der Waals surface area contributed by atoms with Crippen LogP contribution in [-0.4, -0.2) is 35.6 Å². The van der Waals surface area contributed by atoms with Crippen molar-refractivity contribution in [1.29, 1.82) is 0 Å². The molecule has 27 heavy (non-hydrogen) atoms. The number of nitrogens with one attached hydrogen (secondary N) is 1. The minimum Gasteiger partial charge on any atom is -0.488 e. The maximum absolute atomic E-state index is 13.3. The summed E-state index contributed by atoms with van der Waals surface area (Å²) in [6.45, 7) is 3.38. The maximum Gasteiger partial charge on any atom is 0.253 e. The zero-order chi connectivity index (χ0) is 19.0. The summed E-state index contributed by atoms with van der Waals surface area (Å²) in [5.41, 5.74) is 0.325. The van der Waals surface area contributed by atoms with Crippen molar-refractivity contribution in [3.05, 3.63) is 52.9 Å². The number of hydrogen-bond acceptors (Lipinski definition) is 4. The van der Waals surface area contributed by atoms with E-state index in [1.807, 2.05) is 6.92 Å². The van der Waals surface area contributed by atoms with Crippen LogP contribution in [0.1, 0.15) is 36.5 Å². The average molecular weight is 390 g/mol. The summed E-state index contributed by atoms with van der Waals surface area (Å²) in [6, 6.07) is 7.87. The molecule has 0 bridgehead atoms. The first kappa shape index (κ1) is 18.0. The second-order valence-corrected chi connectivity index (χ2v) is 7.88. The van der Waals surface area contributed by atoms with Crippen LogP contribution in [0.25, 0.3) is 0 Å². The molecule has 0 radical (unpaired) electrons. The molecule has 1 aliphatic heterocycles. The molecular weight excluding hydrogens is 369 g/mol. The third kappa shape index (κ3) is 4.16. The number of amides is 1. The number of aromatic nitrogens is 1. The number of pyridine rings is 1. The second kappa shape index (κ2) is 7.00. The highest BCUT2D eigenvalue weighted by Crippen LogP contribution is 2.35. The molecule has 2 heterocycles. The van der Waals surface area contributed by atoms with Gasteiger partial charge in [-0.2, -0.15) is 0 Å². The smallest absolute Gasteiger partial charge is 0.253 e. The van der Waals surface area contributed by atoms with Gasteiger partial charge in [0.05, 0.1) is 17.1 Å². The fourth-order valence-electron chi connectivity index (χ4n) is 3.19. The molecule has 5 nitrogen and oxygen atoms in total. The second-order valence-electron chi connectivity index (χ2n) is 7.47. The Hall–Kier alpha value is -2.34. The van der Waals surface area contributed by atoms with Crippen LogP contribution in [0.2, 0.25) is 5.02 Å². The Morgan fingerprint density at radius 2 is 2.22 bits per heavy atom. The lowest BCUT2D eigenvalue weighted by atomic mass is 10.2. The van der Waals surface area contributed by atoms with Crippen LogP contribution in [-0.2, 0) is 0 Å². The van der Waals surface area contributed by atoms with Crippen molar-refractivity contribution >= 4 is 23.3 Å². The molecule has 2 fully saturated rings. The van der Waals surface area contributed by atoms with Gasteiger partial charge in [-0.3, -0.25) is 4.79 Å². The Balaban J connectivity index is 1.44. The topological polar surface area (TPSA) is 54.5 Å². The number of rotatable bonds is 5. The molecule has 4 rings (SSSR count). The van der Waals surface area contributed by atoms with Gasteiger partial charge in [-0.15, -0.1) is 0 Å². The van der Waals surface area contributed by atoms with Crippen molar-refractivity contribution in [2.45, 2.75) is 37.8 Å². The van der Waals surface area contributed by atoms with Crippen molar-refractivity contribution in [2.24, 2.45) is 0 Å². The van der Waals surface area contributed by atoms with Gasteiger partial charge in [0, 0.05) is 30.8 Å².